The molecule has 0 aliphatic heterocycles. The maximum atomic E-state index is 14.5. The average Bonchev–Trinajstić information content (AvgIpc) is 3.26. The van der Waals surface area contributed by atoms with Gasteiger partial charge in [-0.1, -0.05) is 35.4 Å². The number of rotatable bonds is 6. The molecule has 4 aromatic carbocycles. The first-order valence-corrected chi connectivity index (χ1v) is 17.2. The number of nitrogens with zero attached hydrogens (tertiary/aromatic N) is 2. The van der Waals surface area contributed by atoms with Crippen molar-refractivity contribution < 1.29 is 101 Å². The van der Waals surface area contributed by atoms with E-state index >= 15 is 0 Å². The van der Waals surface area contributed by atoms with E-state index in [0.29, 0.717) is 11.4 Å². The molecule has 0 bridgehead atoms. The molecular formula is C38H20BCl2F15N2O3Pt. The summed E-state index contributed by atoms with van der Waals surface area (Å²) in [5, 5.41) is 11.0. The Morgan fingerprint density at radius 3 is 1.10 bits per heavy atom. The van der Waals surface area contributed by atoms with Gasteiger partial charge in [-0.25, -0.2) is 65.9 Å². The van der Waals surface area contributed by atoms with Crippen LogP contribution in [0, 0.1) is 100 Å². The van der Waals surface area contributed by atoms with Crippen LogP contribution in [0.1, 0.15) is 21.7 Å². The summed E-state index contributed by atoms with van der Waals surface area (Å²) in [5.41, 5.74) is -7.18. The van der Waals surface area contributed by atoms with Crippen molar-refractivity contribution >= 4 is 51.7 Å². The van der Waals surface area contributed by atoms with Crippen molar-refractivity contribution in [3.63, 3.8) is 0 Å². The molecule has 0 radical (unpaired) electrons. The molecule has 6 aromatic rings. The number of pyridine rings is 2. The molecule has 62 heavy (non-hydrogen) atoms. The average molecular weight is 1110 g/mol. The molecule has 6 rings (SSSR count). The van der Waals surface area contributed by atoms with E-state index < -0.39 is 110 Å². The van der Waals surface area contributed by atoms with E-state index in [4.69, 9.17) is 27.9 Å². The molecule has 0 saturated heterocycles. The fourth-order valence-corrected chi connectivity index (χ4v) is 5.19. The van der Waals surface area contributed by atoms with E-state index in [9.17, 15) is 75.7 Å². The van der Waals surface area contributed by atoms with Crippen molar-refractivity contribution in [3.8, 4) is 5.75 Å². The maximum absolute atomic E-state index is 14.5. The number of aromatic nitrogens is 2. The molecule has 0 unspecified atom stereocenters. The van der Waals surface area contributed by atoms with E-state index in [0.717, 1.165) is 5.75 Å². The summed E-state index contributed by atoms with van der Waals surface area (Å²) in [6.45, 7) is 2.02. The molecule has 0 fully saturated rings. The zero-order valence-electron chi connectivity index (χ0n) is 30.5. The first-order chi connectivity index (χ1) is 28.6. The van der Waals surface area contributed by atoms with E-state index in [1.165, 1.54) is 5.56 Å². The van der Waals surface area contributed by atoms with Crippen LogP contribution in [0.15, 0.2) is 67.0 Å². The van der Waals surface area contributed by atoms with Crippen molar-refractivity contribution in [1.82, 2.24) is 9.97 Å². The molecule has 0 spiro atoms. The Hall–Kier alpha value is -5.11. The van der Waals surface area contributed by atoms with Gasteiger partial charge in [-0.05, 0) is 24.3 Å². The van der Waals surface area contributed by atoms with Gasteiger partial charge < -0.3 is 9.76 Å². The molecule has 332 valence electrons. The minimum Gasteiger partial charge on any atom is -0.594 e. The summed E-state index contributed by atoms with van der Waals surface area (Å²) >= 11 is 9.53. The molecule has 2 heterocycles. The summed E-state index contributed by atoms with van der Waals surface area (Å²) in [4.78, 5) is 19.7. The molecule has 0 aliphatic rings. The van der Waals surface area contributed by atoms with Gasteiger partial charge in [0.15, 0.2) is 52.4 Å². The summed E-state index contributed by atoms with van der Waals surface area (Å²) in [7, 11) is 1.64. The predicted octanol–water partition coefficient (Wildman–Crippen LogP) is 8.66. The van der Waals surface area contributed by atoms with Gasteiger partial charge in [0, 0.05) is 18.1 Å². The zero-order chi connectivity index (χ0) is 46.1. The van der Waals surface area contributed by atoms with Crippen LogP contribution in [0.25, 0.3) is 0 Å². The quantitative estimate of drug-likeness (QED) is 0.0344. The molecule has 0 atom stereocenters. The van der Waals surface area contributed by atoms with Gasteiger partial charge in [-0.2, -0.15) is 17.7 Å². The molecular weight excluding hydrogens is 1090 g/mol. The van der Waals surface area contributed by atoms with Crippen LogP contribution in [0.2, 0.25) is 0 Å². The molecule has 0 amide bonds. The van der Waals surface area contributed by atoms with Crippen LogP contribution in [0.4, 0.5) is 65.9 Å². The predicted molar refractivity (Wildman–Crippen MR) is 191 cm³/mol. The van der Waals surface area contributed by atoms with Crippen molar-refractivity contribution in [1.29, 1.82) is 0 Å². The third kappa shape index (κ3) is 10.9. The number of ketones is 1. The molecule has 24 heteroatoms. The first kappa shape index (κ1) is 53.0. The van der Waals surface area contributed by atoms with Crippen molar-refractivity contribution in [2.75, 3.05) is 12.4 Å². The summed E-state index contributed by atoms with van der Waals surface area (Å²) in [6, 6.07) is 19.2. The molecule has 2 aromatic heterocycles. The van der Waals surface area contributed by atoms with Crippen molar-refractivity contribution in [3.05, 3.63) is 177 Å². The molecule has 0 saturated carbocycles. The second-order valence-corrected chi connectivity index (χ2v) is 12.4. The summed E-state index contributed by atoms with van der Waals surface area (Å²) in [6.07, 6.45) is -3.23. The zero-order valence-corrected chi connectivity index (χ0v) is 34.3. The Morgan fingerprint density at radius 1 is 0.581 bits per heavy atom. The van der Waals surface area contributed by atoms with Crippen LogP contribution in [-0.4, -0.2) is 39.6 Å². The van der Waals surface area contributed by atoms with Gasteiger partial charge in [0.1, 0.15) is 46.3 Å². The molecule has 1 N–H and O–H groups in total. The standard InChI is InChI=1S/C18HBF15O.C11H8N2O.C8H9O.CH2Cl2.Pt/c20-4-1(5(21)11(27)16(32)10(4)26)19(35,2-6(22)12(28)17(33)13(29)7(2)23)3-8(24)14(30)18(34)15(31)9(3)25;14-11(9-5-1-3-7-12-9)10-6-2-4-8-13-10;1-7-4-3-5-8(6-7)9-2;2-1-3;/h35H;1-8H;3-4,6H,1-2H3;1H2;/q-1;;-1;;+2. The number of hydrogen-bond donors (Lipinski definition) is 1. The number of aryl methyl sites for hydroxylation is 1. The third-order valence-corrected chi connectivity index (χ3v) is 7.93. The topological polar surface area (TPSA) is 72.3 Å². The van der Waals surface area contributed by atoms with Crippen LogP contribution >= 0.6 is 23.2 Å². The largest absolute Gasteiger partial charge is 2.00 e. The minimum absolute atomic E-state index is 0. The summed E-state index contributed by atoms with van der Waals surface area (Å²) < 4.78 is 215. The molecule has 5 nitrogen and oxygen atoms in total. The number of halogens is 17. The van der Waals surface area contributed by atoms with Gasteiger partial charge in [0.25, 0.3) is 0 Å². The van der Waals surface area contributed by atoms with Gasteiger partial charge in [0.2, 0.25) is 12.1 Å². The van der Waals surface area contributed by atoms with Gasteiger partial charge in [-0.3, -0.25) is 14.8 Å². The Kier molecular flexibility index (Phi) is 19.5. The second kappa shape index (κ2) is 22.8. The third-order valence-electron chi connectivity index (χ3n) is 7.93. The Morgan fingerprint density at radius 2 is 0.871 bits per heavy atom. The second-order valence-electron chi connectivity index (χ2n) is 11.6. The Balaban J connectivity index is 0.000000396. The smallest absolute Gasteiger partial charge is 0.594 e. The van der Waals surface area contributed by atoms with Crippen molar-refractivity contribution in [2.45, 2.75) is 6.92 Å². The van der Waals surface area contributed by atoms with Gasteiger partial charge >= 0.3 is 21.1 Å². The number of alkyl halides is 2. The Labute approximate surface area is 364 Å². The monoisotopic (exact) mass is 1110 g/mol. The van der Waals surface area contributed by atoms with Crippen LogP contribution < -0.4 is 21.1 Å². The summed E-state index contributed by atoms with van der Waals surface area (Å²) in [5.74, 6) is -47.2. The van der Waals surface area contributed by atoms with Crippen molar-refractivity contribution in [2.24, 2.45) is 0 Å². The number of methoxy groups -OCH3 is 1. The number of carbonyl (C=O) groups is 1. The fourth-order valence-electron chi connectivity index (χ4n) is 5.19. The van der Waals surface area contributed by atoms with E-state index in [2.05, 4.69) is 16.0 Å². The normalized spacial score (nSPS) is 10.6. The SMILES string of the molecule is COc1[c-]ccc(C)c1.ClCCl.O=C(c1ccccn1)c1ccccn1.O[B-](c1c(F)c(F)c(F)c(F)c1F)(c1c(F)c(F)c(F)c(F)c1F)c1c(F)c(F)c(F)c(F)c1F.[Pt+2]. The fraction of sp³-hybridized carbons (Fsp3) is 0.0789. The van der Waals surface area contributed by atoms with E-state index in [1.54, 1.807) is 55.9 Å². The van der Waals surface area contributed by atoms with E-state index in [-0.39, 0.29) is 32.2 Å². The first-order valence-electron chi connectivity index (χ1n) is 16.1. The molecule has 0 aliphatic carbocycles. The van der Waals surface area contributed by atoms with Crippen LogP contribution in [0.3, 0.4) is 0 Å². The van der Waals surface area contributed by atoms with Crippen LogP contribution in [0.5, 0.6) is 5.75 Å². The number of ether oxygens (including phenoxy) is 1. The minimum atomic E-state index is -6.41. The number of hydrogen-bond acceptors (Lipinski definition) is 5. The number of benzene rings is 4. The van der Waals surface area contributed by atoms with Gasteiger partial charge in [0.05, 0.1) is 12.4 Å². The maximum Gasteiger partial charge on any atom is 2.00 e. The van der Waals surface area contributed by atoms with Crippen LogP contribution in [-0.2, 0) is 21.1 Å². The van der Waals surface area contributed by atoms with Gasteiger partial charge in [-0.15, -0.1) is 35.3 Å². The van der Waals surface area contributed by atoms with E-state index in [1.807, 2.05) is 25.1 Å². The number of carbonyl (C=O) groups excluding carboxylic acids is 1. The Bertz CT molecular complexity index is 2260.